The Bertz CT molecular complexity index is 919. The number of amides is 1. The van der Waals surface area contributed by atoms with Gasteiger partial charge >= 0.3 is 0 Å². The van der Waals surface area contributed by atoms with E-state index < -0.39 is 17.0 Å². The summed E-state index contributed by atoms with van der Waals surface area (Å²) < 4.78 is 33.3. The summed E-state index contributed by atoms with van der Waals surface area (Å²) in [5.74, 6) is -0.920. The average molecular weight is 421 g/mol. The second kappa shape index (κ2) is 7.92. The van der Waals surface area contributed by atoms with Crippen molar-refractivity contribution in [3.05, 3.63) is 58.1 Å². The van der Waals surface area contributed by atoms with Gasteiger partial charge in [-0.2, -0.15) is 0 Å². The smallest absolute Gasteiger partial charge is 0.235 e. The van der Waals surface area contributed by atoms with Crippen molar-refractivity contribution < 1.29 is 18.3 Å². The van der Waals surface area contributed by atoms with Gasteiger partial charge in [-0.15, -0.1) is 0 Å². The van der Waals surface area contributed by atoms with Crippen LogP contribution in [0, 0.1) is 11.6 Å². The molecule has 1 saturated heterocycles. The molecule has 1 fully saturated rings. The quantitative estimate of drug-likeness (QED) is 0.771. The fourth-order valence-corrected chi connectivity index (χ4v) is 4.51. The van der Waals surface area contributed by atoms with E-state index in [9.17, 15) is 13.6 Å². The Kier molecular flexibility index (Phi) is 5.49. The summed E-state index contributed by atoms with van der Waals surface area (Å²) in [4.78, 5) is 14.9. The molecule has 29 heavy (non-hydrogen) atoms. The minimum Gasteiger partial charge on any atom is -0.492 e. The number of nitrogens with one attached hydrogen (secondary N) is 1. The molecule has 0 saturated carbocycles. The number of carbonyl (C=O) groups excluding carboxylic acids is 1. The van der Waals surface area contributed by atoms with Crippen LogP contribution in [0.15, 0.2) is 30.3 Å². The molecule has 2 aromatic rings. The van der Waals surface area contributed by atoms with Gasteiger partial charge in [0.15, 0.2) is 0 Å². The fourth-order valence-electron chi connectivity index (χ4n) is 4.33. The van der Waals surface area contributed by atoms with Gasteiger partial charge in [0.2, 0.25) is 5.91 Å². The van der Waals surface area contributed by atoms with Crippen molar-refractivity contribution in [1.82, 2.24) is 4.90 Å². The number of benzene rings is 2. The lowest BCUT2D eigenvalue weighted by molar-refractivity contribution is -0.122. The molecule has 0 bridgehead atoms. The third-order valence-corrected chi connectivity index (χ3v) is 6.27. The number of hydrogen-bond donors (Lipinski definition) is 1. The summed E-state index contributed by atoms with van der Waals surface area (Å²) in [6.45, 7) is 4.13. The van der Waals surface area contributed by atoms with Crippen molar-refractivity contribution >= 4 is 23.2 Å². The predicted octanol–water partition coefficient (Wildman–Crippen LogP) is 4.55. The van der Waals surface area contributed by atoms with E-state index in [0.29, 0.717) is 37.4 Å². The fraction of sp³-hybridized carbons (Fsp3) is 0.409. The minimum atomic E-state index is -0.577. The molecule has 0 aromatic heterocycles. The monoisotopic (exact) mass is 420 g/mol. The number of halogens is 3. The maximum Gasteiger partial charge on any atom is 0.235 e. The normalized spacial score (nSPS) is 18.0. The Morgan fingerprint density at radius 3 is 2.52 bits per heavy atom. The zero-order chi connectivity index (χ0) is 20.6. The highest BCUT2D eigenvalue weighted by Crippen LogP contribution is 2.45. The molecule has 1 amide bonds. The molecule has 2 aliphatic rings. The largest absolute Gasteiger partial charge is 0.492 e. The van der Waals surface area contributed by atoms with Crippen LogP contribution in [0.3, 0.4) is 0 Å². The molecule has 1 N–H and O–H groups in total. The summed E-state index contributed by atoms with van der Waals surface area (Å²) in [6.07, 6.45) is 1.69. The minimum absolute atomic E-state index is 0.0348. The molecule has 0 unspecified atom stereocenters. The Hall–Kier alpha value is -2.18. The topological polar surface area (TPSA) is 41.6 Å². The van der Waals surface area contributed by atoms with Gasteiger partial charge in [0.05, 0.1) is 5.41 Å². The Balaban J connectivity index is 1.35. The molecule has 7 heteroatoms. The molecule has 2 aromatic carbocycles. The molecule has 2 heterocycles. The Morgan fingerprint density at radius 1 is 1.17 bits per heavy atom. The van der Waals surface area contributed by atoms with E-state index in [-0.39, 0.29) is 17.2 Å². The molecule has 4 nitrogen and oxygen atoms in total. The maximum atomic E-state index is 13.9. The lowest BCUT2D eigenvalue weighted by Gasteiger charge is -2.38. The SMILES string of the molecule is CCc1c(F)cc(OCCN2CCC3(CC2)C(=O)Nc2ccc(Cl)cc23)cc1F. The van der Waals surface area contributed by atoms with Crippen LogP contribution in [0.25, 0.3) is 0 Å². The predicted molar refractivity (Wildman–Crippen MR) is 109 cm³/mol. The van der Waals surface area contributed by atoms with Crippen LogP contribution in [-0.4, -0.2) is 37.0 Å². The molecule has 0 atom stereocenters. The first-order valence-corrected chi connectivity index (χ1v) is 10.3. The van der Waals surface area contributed by atoms with Gasteiger partial charge in [-0.25, -0.2) is 8.78 Å². The van der Waals surface area contributed by atoms with Gasteiger partial charge < -0.3 is 10.1 Å². The van der Waals surface area contributed by atoms with Gasteiger partial charge in [0.1, 0.15) is 24.0 Å². The molecule has 154 valence electrons. The second-order valence-corrected chi connectivity index (χ2v) is 8.07. The highest BCUT2D eigenvalue weighted by Gasteiger charge is 2.48. The van der Waals surface area contributed by atoms with Crippen LogP contribution in [0.2, 0.25) is 5.02 Å². The lowest BCUT2D eigenvalue weighted by Crippen LogP contribution is -2.47. The van der Waals surface area contributed by atoms with Crippen molar-refractivity contribution in [2.45, 2.75) is 31.6 Å². The number of nitrogens with zero attached hydrogens (tertiary/aromatic N) is 1. The van der Waals surface area contributed by atoms with Crippen molar-refractivity contribution in [3.63, 3.8) is 0 Å². The third-order valence-electron chi connectivity index (χ3n) is 6.03. The van der Waals surface area contributed by atoms with Gasteiger partial charge in [0, 0.05) is 35.0 Å². The Labute approximate surface area is 173 Å². The molecule has 1 spiro atoms. The van der Waals surface area contributed by atoms with Crippen molar-refractivity contribution in [2.24, 2.45) is 0 Å². The molecule has 4 rings (SSSR count). The lowest BCUT2D eigenvalue weighted by atomic mass is 9.73. The van der Waals surface area contributed by atoms with E-state index >= 15 is 0 Å². The highest BCUT2D eigenvalue weighted by molar-refractivity contribution is 6.31. The van der Waals surface area contributed by atoms with Crippen molar-refractivity contribution in [3.8, 4) is 5.75 Å². The van der Waals surface area contributed by atoms with E-state index in [1.165, 1.54) is 12.1 Å². The number of hydrogen-bond acceptors (Lipinski definition) is 3. The first-order chi connectivity index (χ1) is 13.9. The number of piperidine rings is 1. The standard InChI is InChI=1S/C22H23ClF2N2O2/c1-2-16-18(24)12-15(13-19(16)25)29-10-9-27-7-5-22(6-8-27)17-11-14(23)3-4-20(17)26-21(22)28/h3-4,11-13H,2,5-10H2,1H3,(H,26,28). The first kappa shape index (κ1) is 20.1. The summed E-state index contributed by atoms with van der Waals surface area (Å²) in [5, 5.41) is 3.60. The highest BCUT2D eigenvalue weighted by atomic mass is 35.5. The third kappa shape index (κ3) is 3.71. The number of ether oxygens (including phenoxy) is 1. The van der Waals surface area contributed by atoms with Crippen molar-refractivity contribution in [2.75, 3.05) is 31.6 Å². The molecular formula is C22H23ClF2N2O2. The van der Waals surface area contributed by atoms with Crippen LogP contribution < -0.4 is 10.1 Å². The van der Waals surface area contributed by atoms with Crippen molar-refractivity contribution in [1.29, 1.82) is 0 Å². The van der Waals surface area contributed by atoms with E-state index in [1.807, 2.05) is 12.1 Å². The maximum absolute atomic E-state index is 13.9. The zero-order valence-electron chi connectivity index (χ0n) is 16.2. The number of anilines is 1. The molecular weight excluding hydrogens is 398 g/mol. The van der Waals surface area contributed by atoms with Crippen LogP contribution in [0.1, 0.15) is 30.9 Å². The summed E-state index contributed by atoms with van der Waals surface area (Å²) >= 11 is 6.15. The Morgan fingerprint density at radius 2 is 1.86 bits per heavy atom. The summed E-state index contributed by atoms with van der Waals surface area (Å²) in [5.41, 5.74) is 1.37. The number of likely N-dealkylation sites (tertiary alicyclic amines) is 1. The number of rotatable bonds is 5. The average Bonchev–Trinajstić information content (AvgIpc) is 2.94. The van der Waals surface area contributed by atoms with Crippen LogP contribution >= 0.6 is 11.6 Å². The van der Waals surface area contributed by atoms with Gasteiger partial charge in [-0.1, -0.05) is 18.5 Å². The molecule has 0 aliphatic carbocycles. The zero-order valence-corrected chi connectivity index (χ0v) is 17.0. The molecule has 2 aliphatic heterocycles. The summed E-state index contributed by atoms with van der Waals surface area (Å²) in [6, 6.07) is 7.99. The van der Waals surface area contributed by atoms with Crippen LogP contribution in [0.5, 0.6) is 5.75 Å². The van der Waals surface area contributed by atoms with Crippen LogP contribution in [-0.2, 0) is 16.6 Å². The molecule has 0 radical (unpaired) electrons. The van der Waals surface area contributed by atoms with E-state index in [2.05, 4.69) is 10.2 Å². The van der Waals surface area contributed by atoms with Crippen LogP contribution in [0.4, 0.5) is 14.5 Å². The van der Waals surface area contributed by atoms with Gasteiger partial charge in [0.25, 0.3) is 0 Å². The summed E-state index contributed by atoms with van der Waals surface area (Å²) in [7, 11) is 0. The van der Waals surface area contributed by atoms with Gasteiger partial charge in [-0.05, 0) is 56.1 Å². The van der Waals surface area contributed by atoms with Gasteiger partial charge in [-0.3, -0.25) is 9.69 Å². The van der Waals surface area contributed by atoms with E-state index in [4.69, 9.17) is 16.3 Å². The van der Waals surface area contributed by atoms with E-state index in [0.717, 1.165) is 24.3 Å². The second-order valence-electron chi connectivity index (χ2n) is 7.64. The first-order valence-electron chi connectivity index (χ1n) is 9.87. The number of carbonyl (C=O) groups is 1. The van der Waals surface area contributed by atoms with E-state index in [1.54, 1.807) is 13.0 Å². The number of fused-ring (bicyclic) bond motifs is 2.